The highest BCUT2D eigenvalue weighted by atomic mass is 16.5. The Hall–Kier alpha value is -4.31. The van der Waals surface area contributed by atoms with E-state index in [0.29, 0.717) is 49.8 Å². The molecule has 3 aromatic heterocycles. The molecule has 1 amide bonds. The zero-order chi connectivity index (χ0) is 27.1. The molecule has 38 heavy (non-hydrogen) atoms. The Morgan fingerprint density at radius 3 is 2.53 bits per heavy atom. The Labute approximate surface area is 219 Å². The number of hydrogen-bond donors (Lipinski definition) is 0. The fourth-order valence-electron chi connectivity index (χ4n) is 4.12. The fourth-order valence-corrected chi connectivity index (χ4v) is 4.12. The van der Waals surface area contributed by atoms with Crippen molar-refractivity contribution in [1.82, 2.24) is 14.0 Å². The third kappa shape index (κ3) is 5.50. The second-order valence-electron chi connectivity index (χ2n) is 8.23. The number of hydrogen-bond acceptors (Lipinski definition) is 7. The van der Waals surface area contributed by atoms with E-state index in [2.05, 4.69) is 4.99 Å². The SMILES string of the molecule is CCOCCCn1c(=NC(=O)c2ccccc2OCC)c(C(=O)OCC)cc2c(=O)n3ccccc3nc21. The molecule has 0 fully saturated rings. The maximum atomic E-state index is 13.5. The van der Waals surface area contributed by atoms with Crippen LogP contribution < -0.4 is 15.8 Å². The number of pyridine rings is 2. The van der Waals surface area contributed by atoms with Gasteiger partial charge in [-0.3, -0.25) is 14.0 Å². The Kier molecular flexibility index (Phi) is 8.65. The molecule has 0 N–H and O–H groups in total. The molecule has 1 aromatic carbocycles. The fraction of sp³-hybridized carbons (Fsp3) is 0.321. The summed E-state index contributed by atoms with van der Waals surface area (Å²) in [5.41, 5.74) is 0.663. The summed E-state index contributed by atoms with van der Waals surface area (Å²) in [5.74, 6) is -0.919. The number of esters is 1. The Balaban J connectivity index is 2.05. The maximum Gasteiger partial charge on any atom is 0.341 e. The normalized spacial score (nSPS) is 11.7. The van der Waals surface area contributed by atoms with Crippen LogP contribution in [0, 0.1) is 0 Å². The summed E-state index contributed by atoms with van der Waals surface area (Å²) in [7, 11) is 0. The highest BCUT2D eigenvalue weighted by molar-refractivity contribution is 5.99. The van der Waals surface area contributed by atoms with Crippen molar-refractivity contribution in [2.75, 3.05) is 26.4 Å². The van der Waals surface area contributed by atoms with Crippen molar-refractivity contribution in [3.8, 4) is 5.75 Å². The molecule has 10 nitrogen and oxygen atoms in total. The minimum absolute atomic E-state index is 0.00668. The first-order valence-electron chi connectivity index (χ1n) is 12.6. The highest BCUT2D eigenvalue weighted by Crippen LogP contribution is 2.19. The van der Waals surface area contributed by atoms with E-state index in [0.717, 1.165) is 0 Å². The molecule has 0 saturated heterocycles. The molecule has 3 heterocycles. The number of ether oxygens (including phenoxy) is 3. The molecule has 4 aromatic rings. The number of nitrogens with zero attached hydrogens (tertiary/aromatic N) is 4. The van der Waals surface area contributed by atoms with E-state index in [9.17, 15) is 14.4 Å². The first-order chi connectivity index (χ1) is 18.5. The monoisotopic (exact) mass is 518 g/mol. The minimum atomic E-state index is -0.699. The topological polar surface area (TPSA) is 113 Å². The van der Waals surface area contributed by atoms with Crippen LogP contribution in [0.1, 0.15) is 47.9 Å². The van der Waals surface area contributed by atoms with Gasteiger partial charge in [0.05, 0.1) is 24.2 Å². The summed E-state index contributed by atoms with van der Waals surface area (Å²) in [4.78, 5) is 49.1. The number of rotatable bonds is 10. The quantitative estimate of drug-likeness (QED) is 0.180. The molecule has 0 spiro atoms. The van der Waals surface area contributed by atoms with E-state index in [1.807, 2.05) is 13.8 Å². The largest absolute Gasteiger partial charge is 0.493 e. The second-order valence-corrected chi connectivity index (χ2v) is 8.23. The van der Waals surface area contributed by atoms with E-state index in [-0.39, 0.29) is 34.2 Å². The number of fused-ring (bicyclic) bond motifs is 2. The first kappa shape index (κ1) is 26.7. The van der Waals surface area contributed by atoms with Gasteiger partial charge in [0.25, 0.3) is 11.5 Å². The van der Waals surface area contributed by atoms with Gasteiger partial charge in [0.1, 0.15) is 22.6 Å². The van der Waals surface area contributed by atoms with Gasteiger partial charge in [0, 0.05) is 26.0 Å². The molecular weight excluding hydrogens is 488 g/mol. The maximum absolute atomic E-state index is 13.5. The summed E-state index contributed by atoms with van der Waals surface area (Å²) in [6, 6.07) is 13.4. The Morgan fingerprint density at radius 2 is 1.76 bits per heavy atom. The summed E-state index contributed by atoms with van der Waals surface area (Å²) in [6.07, 6.45) is 2.14. The average molecular weight is 519 g/mol. The first-order valence-corrected chi connectivity index (χ1v) is 12.6. The van der Waals surface area contributed by atoms with Crippen LogP contribution in [0.25, 0.3) is 16.7 Å². The Morgan fingerprint density at radius 1 is 0.974 bits per heavy atom. The molecule has 10 heteroatoms. The van der Waals surface area contributed by atoms with Crippen LogP contribution in [0.15, 0.2) is 64.5 Å². The van der Waals surface area contributed by atoms with Crippen molar-refractivity contribution < 1.29 is 23.8 Å². The molecule has 4 rings (SSSR count). The summed E-state index contributed by atoms with van der Waals surface area (Å²) < 4.78 is 19.4. The van der Waals surface area contributed by atoms with E-state index >= 15 is 0 Å². The molecule has 0 unspecified atom stereocenters. The molecule has 0 aliphatic heterocycles. The second kappa shape index (κ2) is 12.3. The predicted octanol–water partition coefficient (Wildman–Crippen LogP) is 3.39. The van der Waals surface area contributed by atoms with Gasteiger partial charge in [0.15, 0.2) is 5.49 Å². The number of carbonyl (C=O) groups is 2. The van der Waals surface area contributed by atoms with E-state index < -0.39 is 11.9 Å². The van der Waals surface area contributed by atoms with Gasteiger partial charge in [-0.2, -0.15) is 4.99 Å². The predicted molar refractivity (Wildman–Crippen MR) is 142 cm³/mol. The zero-order valence-corrected chi connectivity index (χ0v) is 21.7. The molecule has 0 saturated carbocycles. The number of benzene rings is 1. The third-order valence-electron chi connectivity index (χ3n) is 5.78. The van der Waals surface area contributed by atoms with Crippen LogP contribution >= 0.6 is 0 Å². The number of aromatic nitrogens is 3. The third-order valence-corrected chi connectivity index (χ3v) is 5.78. The molecule has 0 atom stereocenters. The Bertz CT molecular complexity index is 1610. The molecule has 0 aliphatic rings. The van der Waals surface area contributed by atoms with E-state index in [1.54, 1.807) is 60.2 Å². The van der Waals surface area contributed by atoms with Gasteiger partial charge in [-0.1, -0.05) is 18.2 Å². The summed E-state index contributed by atoms with van der Waals surface area (Å²) in [6.45, 7) is 7.14. The summed E-state index contributed by atoms with van der Waals surface area (Å²) >= 11 is 0. The van der Waals surface area contributed by atoms with Gasteiger partial charge in [-0.05, 0) is 57.5 Å². The number of amides is 1. The smallest absolute Gasteiger partial charge is 0.341 e. The van der Waals surface area contributed by atoms with Crippen LogP contribution in [0.2, 0.25) is 0 Å². The molecule has 0 radical (unpaired) electrons. The average Bonchev–Trinajstić information content (AvgIpc) is 2.92. The van der Waals surface area contributed by atoms with Crippen LogP contribution in [0.3, 0.4) is 0 Å². The van der Waals surface area contributed by atoms with Crippen LogP contribution in [0.4, 0.5) is 0 Å². The summed E-state index contributed by atoms with van der Waals surface area (Å²) in [5, 5.41) is 0.203. The van der Waals surface area contributed by atoms with Crippen molar-refractivity contribution >= 4 is 28.6 Å². The standard InChI is InChI=1S/C28H30N4O6/c1-4-36-17-11-16-32-24-20(27(34)31-15-10-9-14-23(31)29-24)18-21(28(35)38-6-3)25(32)30-26(33)19-12-7-8-13-22(19)37-5-2/h7-10,12-15,18H,4-6,11,16-17H2,1-3H3. The molecular formula is C28H30N4O6. The molecule has 0 bridgehead atoms. The molecule has 0 aliphatic carbocycles. The number of carbonyl (C=O) groups excluding carboxylic acids is 2. The number of para-hydroxylation sites is 1. The van der Waals surface area contributed by atoms with Crippen LogP contribution in [-0.4, -0.2) is 52.3 Å². The number of aryl methyl sites for hydroxylation is 1. The van der Waals surface area contributed by atoms with Crippen molar-refractivity contribution in [2.24, 2.45) is 4.99 Å². The van der Waals surface area contributed by atoms with Crippen molar-refractivity contribution in [1.29, 1.82) is 0 Å². The van der Waals surface area contributed by atoms with E-state index in [4.69, 9.17) is 19.2 Å². The van der Waals surface area contributed by atoms with Crippen molar-refractivity contribution in [3.05, 3.63) is 81.7 Å². The minimum Gasteiger partial charge on any atom is -0.493 e. The van der Waals surface area contributed by atoms with Gasteiger partial charge in [-0.15, -0.1) is 0 Å². The zero-order valence-electron chi connectivity index (χ0n) is 21.7. The van der Waals surface area contributed by atoms with Crippen molar-refractivity contribution in [3.63, 3.8) is 0 Å². The van der Waals surface area contributed by atoms with Gasteiger partial charge in [0.2, 0.25) is 0 Å². The van der Waals surface area contributed by atoms with Gasteiger partial charge in [-0.25, -0.2) is 9.78 Å². The van der Waals surface area contributed by atoms with Crippen LogP contribution in [0.5, 0.6) is 5.75 Å². The lowest BCUT2D eigenvalue weighted by atomic mass is 10.1. The van der Waals surface area contributed by atoms with Crippen molar-refractivity contribution in [2.45, 2.75) is 33.7 Å². The van der Waals surface area contributed by atoms with Gasteiger partial charge < -0.3 is 18.8 Å². The molecule has 198 valence electrons. The highest BCUT2D eigenvalue weighted by Gasteiger charge is 2.21. The lowest BCUT2D eigenvalue weighted by molar-refractivity contribution is 0.0523. The lowest BCUT2D eigenvalue weighted by Crippen LogP contribution is -2.33. The van der Waals surface area contributed by atoms with Gasteiger partial charge >= 0.3 is 5.97 Å². The lowest BCUT2D eigenvalue weighted by Gasteiger charge is -2.15. The van der Waals surface area contributed by atoms with Crippen LogP contribution in [-0.2, 0) is 16.0 Å². The van der Waals surface area contributed by atoms with E-state index in [1.165, 1.54) is 10.5 Å².